The highest BCUT2D eigenvalue weighted by Crippen LogP contribution is 2.32. The van der Waals surface area contributed by atoms with E-state index in [0.717, 1.165) is 50.7 Å². The topological polar surface area (TPSA) is 106 Å². The third-order valence-corrected chi connectivity index (χ3v) is 7.93. The summed E-state index contributed by atoms with van der Waals surface area (Å²) in [6.07, 6.45) is 7.02. The van der Waals surface area contributed by atoms with Crippen molar-refractivity contribution in [3.8, 4) is 5.75 Å². The summed E-state index contributed by atoms with van der Waals surface area (Å²) in [5, 5.41) is 3.99. The van der Waals surface area contributed by atoms with Crippen molar-refractivity contribution >= 4 is 12.0 Å². The molecule has 2 aromatic heterocycles. The number of hydrogen-bond acceptors (Lipinski definition) is 9. The van der Waals surface area contributed by atoms with Crippen LogP contribution in [0.3, 0.4) is 0 Å². The third kappa shape index (κ3) is 6.10. The largest absolute Gasteiger partial charge is 0.490 e. The van der Waals surface area contributed by atoms with E-state index in [0.29, 0.717) is 55.3 Å². The van der Waals surface area contributed by atoms with Gasteiger partial charge in [0.2, 0.25) is 5.95 Å². The Bertz CT molecular complexity index is 1250. The van der Waals surface area contributed by atoms with Crippen LogP contribution >= 0.6 is 0 Å². The molecule has 2 aliphatic heterocycles. The first kappa shape index (κ1) is 27.2. The van der Waals surface area contributed by atoms with Crippen molar-refractivity contribution in [3.05, 3.63) is 53.4 Å². The monoisotopic (exact) mass is 545 g/mol. The molecule has 2 aliphatic rings. The molecule has 3 atom stereocenters. The van der Waals surface area contributed by atoms with E-state index in [1.54, 1.807) is 12.4 Å². The number of nitrogens with zero attached hydrogens (tertiary/aromatic N) is 6. The minimum atomic E-state index is -1.22. The van der Waals surface area contributed by atoms with E-state index in [2.05, 4.69) is 31.9 Å². The minimum Gasteiger partial charge on any atom is -0.490 e. The van der Waals surface area contributed by atoms with Gasteiger partial charge in [-0.2, -0.15) is 4.98 Å². The van der Waals surface area contributed by atoms with Gasteiger partial charge in [-0.15, -0.1) is 0 Å². The molecular formula is C27H34F3N7O2. The summed E-state index contributed by atoms with van der Waals surface area (Å²) < 4.78 is 52.6. The summed E-state index contributed by atoms with van der Waals surface area (Å²) in [4.78, 5) is 17.2. The minimum absolute atomic E-state index is 0.0592. The summed E-state index contributed by atoms with van der Waals surface area (Å²) in [7, 11) is 0. The smallest absolute Gasteiger partial charge is 0.324 e. The Morgan fingerprint density at radius 3 is 2.46 bits per heavy atom. The molecule has 1 aromatic carbocycles. The molecule has 210 valence electrons. The number of anilines is 2. The SMILES string of the molecule is CCc1noc(N2CCC([C@H](C)CCOc3cnc(N4C[C@H](c5cc(F)c(F)cc5F)[C@@H](N)C4)nc3)CC2)n1. The van der Waals surface area contributed by atoms with Crippen LogP contribution in [-0.2, 0) is 6.42 Å². The van der Waals surface area contributed by atoms with Crippen LogP contribution in [0.4, 0.5) is 25.1 Å². The number of aromatic nitrogens is 4. The molecule has 2 saturated heterocycles. The van der Waals surface area contributed by atoms with Crippen molar-refractivity contribution in [3.63, 3.8) is 0 Å². The molecule has 0 spiro atoms. The van der Waals surface area contributed by atoms with Gasteiger partial charge in [0.05, 0.1) is 19.0 Å². The van der Waals surface area contributed by atoms with Crippen LogP contribution in [0.5, 0.6) is 5.75 Å². The maximum atomic E-state index is 14.3. The summed E-state index contributed by atoms with van der Waals surface area (Å²) >= 11 is 0. The molecule has 4 heterocycles. The second-order valence-corrected chi connectivity index (χ2v) is 10.5. The zero-order valence-corrected chi connectivity index (χ0v) is 22.2. The van der Waals surface area contributed by atoms with Gasteiger partial charge < -0.3 is 24.8 Å². The van der Waals surface area contributed by atoms with Crippen LogP contribution in [0.15, 0.2) is 29.0 Å². The molecule has 2 fully saturated rings. The molecular weight excluding hydrogens is 511 g/mol. The van der Waals surface area contributed by atoms with Crippen LogP contribution in [0, 0.1) is 29.3 Å². The zero-order valence-electron chi connectivity index (χ0n) is 22.2. The van der Waals surface area contributed by atoms with E-state index < -0.39 is 29.4 Å². The van der Waals surface area contributed by atoms with Gasteiger partial charge in [0.1, 0.15) is 5.82 Å². The number of halogens is 3. The first-order valence-electron chi connectivity index (χ1n) is 13.5. The molecule has 12 heteroatoms. The second kappa shape index (κ2) is 11.8. The quantitative estimate of drug-likeness (QED) is 0.398. The normalized spacial score (nSPS) is 21.0. The zero-order chi connectivity index (χ0) is 27.5. The molecule has 0 aliphatic carbocycles. The van der Waals surface area contributed by atoms with E-state index in [-0.39, 0.29) is 5.56 Å². The van der Waals surface area contributed by atoms with E-state index in [9.17, 15) is 13.2 Å². The van der Waals surface area contributed by atoms with Crippen molar-refractivity contribution in [2.75, 3.05) is 42.6 Å². The first-order valence-corrected chi connectivity index (χ1v) is 13.5. The average Bonchev–Trinajstić information content (AvgIpc) is 3.58. The Labute approximate surface area is 225 Å². The number of nitrogens with two attached hydrogens (primary N) is 1. The van der Waals surface area contributed by atoms with Crippen molar-refractivity contribution in [1.29, 1.82) is 0 Å². The highest BCUT2D eigenvalue weighted by Gasteiger charge is 2.35. The Kier molecular flexibility index (Phi) is 8.20. The highest BCUT2D eigenvalue weighted by atomic mass is 19.2. The molecule has 0 saturated carbocycles. The second-order valence-electron chi connectivity index (χ2n) is 10.5. The fourth-order valence-electron chi connectivity index (χ4n) is 5.47. The van der Waals surface area contributed by atoms with Gasteiger partial charge in [0.15, 0.2) is 23.2 Å². The number of rotatable bonds is 9. The van der Waals surface area contributed by atoms with Crippen LogP contribution in [-0.4, -0.2) is 58.9 Å². The summed E-state index contributed by atoms with van der Waals surface area (Å²) in [5.74, 6) is -0.796. The summed E-state index contributed by atoms with van der Waals surface area (Å²) in [6, 6.07) is 1.59. The van der Waals surface area contributed by atoms with Crippen LogP contribution in [0.25, 0.3) is 0 Å². The van der Waals surface area contributed by atoms with Gasteiger partial charge >= 0.3 is 6.01 Å². The maximum absolute atomic E-state index is 14.3. The van der Waals surface area contributed by atoms with Crippen molar-refractivity contribution < 1.29 is 22.4 Å². The Balaban J connectivity index is 1.08. The van der Waals surface area contributed by atoms with Gasteiger partial charge in [-0.25, -0.2) is 23.1 Å². The predicted molar refractivity (Wildman–Crippen MR) is 139 cm³/mol. The van der Waals surface area contributed by atoms with Crippen molar-refractivity contribution in [1.82, 2.24) is 20.1 Å². The molecule has 3 aromatic rings. The number of benzene rings is 1. The Morgan fingerprint density at radius 1 is 1.05 bits per heavy atom. The van der Waals surface area contributed by atoms with E-state index in [1.165, 1.54) is 0 Å². The molecule has 9 nitrogen and oxygen atoms in total. The van der Waals surface area contributed by atoms with E-state index in [4.69, 9.17) is 15.0 Å². The molecule has 2 N–H and O–H groups in total. The van der Waals surface area contributed by atoms with Crippen LogP contribution in [0.2, 0.25) is 0 Å². The maximum Gasteiger partial charge on any atom is 0.324 e. The lowest BCUT2D eigenvalue weighted by molar-refractivity contribution is 0.219. The molecule has 5 rings (SSSR count). The number of ether oxygens (including phenoxy) is 1. The fourth-order valence-corrected chi connectivity index (χ4v) is 5.47. The molecule has 0 amide bonds. The summed E-state index contributed by atoms with van der Waals surface area (Å²) in [5.41, 5.74) is 6.27. The molecule has 0 unspecified atom stereocenters. The van der Waals surface area contributed by atoms with E-state index in [1.807, 2.05) is 11.8 Å². The third-order valence-electron chi connectivity index (χ3n) is 7.93. The van der Waals surface area contributed by atoms with Gasteiger partial charge in [0, 0.05) is 50.6 Å². The lowest BCUT2D eigenvalue weighted by Crippen LogP contribution is -2.36. The highest BCUT2D eigenvalue weighted by molar-refractivity contribution is 5.39. The molecule has 0 radical (unpaired) electrons. The fraction of sp³-hybridized carbons (Fsp3) is 0.556. The lowest BCUT2D eigenvalue weighted by Gasteiger charge is -2.33. The van der Waals surface area contributed by atoms with Crippen LogP contribution in [0.1, 0.15) is 50.4 Å². The van der Waals surface area contributed by atoms with Gasteiger partial charge in [-0.05, 0) is 42.7 Å². The number of hydrogen-bond donors (Lipinski definition) is 1. The molecule has 0 bridgehead atoms. The Morgan fingerprint density at radius 2 is 1.77 bits per heavy atom. The average molecular weight is 546 g/mol. The molecule has 39 heavy (non-hydrogen) atoms. The summed E-state index contributed by atoms with van der Waals surface area (Å²) in [6.45, 7) is 7.29. The van der Waals surface area contributed by atoms with E-state index >= 15 is 0 Å². The van der Waals surface area contributed by atoms with Crippen LogP contribution < -0.4 is 20.3 Å². The number of aryl methyl sites for hydroxylation is 1. The van der Waals surface area contributed by atoms with Crippen molar-refractivity contribution in [2.45, 2.75) is 51.5 Å². The first-order chi connectivity index (χ1) is 18.8. The lowest BCUT2D eigenvalue weighted by atomic mass is 9.84. The van der Waals surface area contributed by atoms with Gasteiger partial charge in [-0.3, -0.25) is 0 Å². The predicted octanol–water partition coefficient (Wildman–Crippen LogP) is 4.09. The number of piperidine rings is 1. The standard InChI is InChI=1S/C27H34F3N7O2/c1-3-25-34-27(39-35-25)36-7-4-17(5-8-36)16(2)6-9-38-18-12-32-26(33-13-18)37-14-20(24(31)15-37)19-10-22(29)23(30)11-21(19)28/h10-13,16-17,20,24H,3-9,14-15,31H2,1-2H3/t16-,20-,24+/m1/s1. The van der Waals surface area contributed by atoms with Crippen molar-refractivity contribution in [2.24, 2.45) is 17.6 Å². The van der Waals surface area contributed by atoms with Gasteiger partial charge in [0.25, 0.3) is 0 Å². The van der Waals surface area contributed by atoms with Gasteiger partial charge in [-0.1, -0.05) is 19.0 Å². The Hall–Kier alpha value is -3.41.